The molecule has 0 N–H and O–H groups in total. The average molecular weight is 367 g/mol. The van der Waals surface area contributed by atoms with Gasteiger partial charge < -0.3 is 9.64 Å². The number of hydrogen-bond acceptors (Lipinski definition) is 6. The van der Waals surface area contributed by atoms with E-state index in [2.05, 4.69) is 38.2 Å². The Morgan fingerprint density at radius 3 is 2.71 bits per heavy atom. The molecule has 0 radical (unpaired) electrons. The van der Waals surface area contributed by atoms with Gasteiger partial charge in [0, 0.05) is 62.3 Å². The highest BCUT2D eigenvalue weighted by atomic mass is 35.5. The number of aromatic nitrogens is 2. The Bertz CT molecular complexity index is 658. The van der Waals surface area contributed by atoms with E-state index >= 15 is 0 Å². The summed E-state index contributed by atoms with van der Waals surface area (Å²) in [7, 11) is 1.70. The lowest BCUT2D eigenvalue weighted by Crippen LogP contribution is -2.47. The van der Waals surface area contributed by atoms with Crippen molar-refractivity contribution in [1.29, 1.82) is 0 Å². The number of hydrogen-bond donors (Lipinski definition) is 0. The van der Waals surface area contributed by atoms with Gasteiger partial charge in [-0.15, -0.1) is 0 Å². The molecule has 2 aromatic rings. The van der Waals surface area contributed by atoms with Crippen LogP contribution < -0.4 is 4.90 Å². The van der Waals surface area contributed by atoms with Crippen molar-refractivity contribution in [2.24, 2.45) is 0 Å². The first-order valence-corrected chi connectivity index (χ1v) is 9.39. The lowest BCUT2D eigenvalue weighted by molar-refractivity contribution is 0.198. The summed E-state index contributed by atoms with van der Waals surface area (Å²) < 4.78 is 9.51. The lowest BCUT2D eigenvalue weighted by Gasteiger charge is -2.38. The molecule has 130 valence electrons. The number of benzene rings is 1. The molecule has 24 heavy (non-hydrogen) atoms. The third-order valence-electron chi connectivity index (χ3n) is 4.47. The van der Waals surface area contributed by atoms with E-state index in [4.69, 9.17) is 16.3 Å². The highest BCUT2D eigenvalue weighted by Crippen LogP contribution is 2.29. The lowest BCUT2D eigenvalue weighted by atomic mass is 10.1. The molecule has 1 aromatic carbocycles. The van der Waals surface area contributed by atoms with Crippen LogP contribution in [0.4, 0.5) is 5.13 Å². The summed E-state index contributed by atoms with van der Waals surface area (Å²) in [5.74, 6) is 0.878. The molecule has 2 heterocycles. The normalized spacial score (nSPS) is 17.2. The number of ether oxygens (including phenoxy) is 1. The summed E-state index contributed by atoms with van der Waals surface area (Å²) >= 11 is 7.83. The molecule has 1 aliphatic rings. The van der Waals surface area contributed by atoms with Crippen LogP contribution in [0.5, 0.6) is 0 Å². The number of halogens is 1. The van der Waals surface area contributed by atoms with E-state index in [0.717, 1.165) is 48.6 Å². The van der Waals surface area contributed by atoms with Crippen molar-refractivity contribution in [3.05, 3.63) is 40.7 Å². The largest absolute Gasteiger partial charge is 0.384 e. The zero-order chi connectivity index (χ0) is 16.9. The molecule has 5 nitrogen and oxygen atoms in total. The molecular weight excluding hydrogens is 344 g/mol. The van der Waals surface area contributed by atoms with Crippen molar-refractivity contribution in [2.45, 2.75) is 19.4 Å². The van der Waals surface area contributed by atoms with Gasteiger partial charge in [0.25, 0.3) is 0 Å². The van der Waals surface area contributed by atoms with Crippen molar-refractivity contribution in [1.82, 2.24) is 14.3 Å². The van der Waals surface area contributed by atoms with Crippen LogP contribution in [0.25, 0.3) is 0 Å². The van der Waals surface area contributed by atoms with Crippen LogP contribution in [-0.2, 0) is 11.2 Å². The van der Waals surface area contributed by atoms with Gasteiger partial charge in [-0.1, -0.05) is 29.8 Å². The fourth-order valence-corrected chi connectivity index (χ4v) is 4.04. The second-order valence-corrected chi connectivity index (χ2v) is 7.09. The molecule has 1 aliphatic heterocycles. The van der Waals surface area contributed by atoms with Crippen molar-refractivity contribution in [3.8, 4) is 0 Å². The van der Waals surface area contributed by atoms with E-state index < -0.39 is 0 Å². The van der Waals surface area contributed by atoms with Crippen LogP contribution >= 0.6 is 23.1 Å². The van der Waals surface area contributed by atoms with E-state index in [1.807, 2.05) is 12.1 Å². The molecule has 1 fully saturated rings. The van der Waals surface area contributed by atoms with E-state index in [0.29, 0.717) is 12.6 Å². The van der Waals surface area contributed by atoms with E-state index in [1.54, 1.807) is 7.11 Å². The van der Waals surface area contributed by atoms with Gasteiger partial charge in [0.2, 0.25) is 5.13 Å². The van der Waals surface area contributed by atoms with Crippen LogP contribution in [-0.4, -0.2) is 54.2 Å². The van der Waals surface area contributed by atoms with Crippen LogP contribution in [0.2, 0.25) is 5.02 Å². The Balaban J connectivity index is 1.57. The zero-order valence-electron chi connectivity index (χ0n) is 14.1. The predicted octanol–water partition coefficient (Wildman–Crippen LogP) is 3.26. The second kappa shape index (κ2) is 8.25. The summed E-state index contributed by atoms with van der Waals surface area (Å²) in [5, 5.41) is 1.87. The third-order valence-corrected chi connectivity index (χ3v) is 5.63. The summed E-state index contributed by atoms with van der Waals surface area (Å²) in [5.41, 5.74) is 1.20. The molecular formula is C17H23ClN4OS. The van der Waals surface area contributed by atoms with Gasteiger partial charge in [-0.2, -0.15) is 4.37 Å². The minimum Gasteiger partial charge on any atom is -0.384 e. The van der Waals surface area contributed by atoms with Gasteiger partial charge in [-0.25, -0.2) is 4.98 Å². The van der Waals surface area contributed by atoms with Gasteiger partial charge >= 0.3 is 0 Å². The van der Waals surface area contributed by atoms with E-state index in [9.17, 15) is 0 Å². The van der Waals surface area contributed by atoms with Crippen molar-refractivity contribution >= 4 is 28.3 Å². The van der Waals surface area contributed by atoms with Crippen LogP contribution in [0.1, 0.15) is 24.4 Å². The molecule has 1 aromatic heterocycles. The number of piperazine rings is 1. The summed E-state index contributed by atoms with van der Waals surface area (Å²) in [4.78, 5) is 9.43. The first kappa shape index (κ1) is 17.6. The van der Waals surface area contributed by atoms with E-state index in [1.165, 1.54) is 17.1 Å². The minimum atomic E-state index is 0.326. The number of rotatable bonds is 6. The number of nitrogens with zero attached hydrogens (tertiary/aromatic N) is 4. The molecule has 0 amide bonds. The average Bonchev–Trinajstić information content (AvgIpc) is 3.09. The van der Waals surface area contributed by atoms with Crippen molar-refractivity contribution in [3.63, 3.8) is 0 Å². The molecule has 0 spiro atoms. The number of anilines is 1. The maximum absolute atomic E-state index is 6.34. The topological polar surface area (TPSA) is 41.5 Å². The molecule has 0 saturated carbocycles. The summed E-state index contributed by atoms with van der Waals surface area (Å²) in [6.45, 7) is 6.82. The summed E-state index contributed by atoms with van der Waals surface area (Å²) in [6.07, 6.45) is 0.774. The maximum atomic E-state index is 6.34. The fraction of sp³-hybridized carbons (Fsp3) is 0.529. The fourth-order valence-electron chi connectivity index (χ4n) is 2.98. The van der Waals surface area contributed by atoms with Gasteiger partial charge in [0.15, 0.2) is 0 Å². The first-order valence-electron chi connectivity index (χ1n) is 8.24. The molecule has 1 atom stereocenters. The molecule has 0 bridgehead atoms. The standard InChI is InChI=1S/C17H23ClN4OS/c1-13(14-5-3-4-6-15(14)18)21-8-10-22(11-9-21)17-19-16(20-24-17)7-12-23-2/h3-6,13H,7-12H2,1-2H3. The van der Waals surface area contributed by atoms with Crippen LogP contribution in [0.3, 0.4) is 0 Å². The van der Waals surface area contributed by atoms with Crippen molar-refractivity contribution < 1.29 is 4.74 Å². The number of methoxy groups -OCH3 is 1. The summed E-state index contributed by atoms with van der Waals surface area (Å²) in [6, 6.07) is 8.44. The monoisotopic (exact) mass is 366 g/mol. The van der Waals surface area contributed by atoms with Gasteiger partial charge in [-0.05, 0) is 18.6 Å². The SMILES string of the molecule is COCCc1nsc(N2CCN(C(C)c3ccccc3Cl)CC2)n1. The Morgan fingerprint density at radius 2 is 2.00 bits per heavy atom. The van der Waals surface area contributed by atoms with Gasteiger partial charge in [0.05, 0.1) is 6.61 Å². The second-order valence-electron chi connectivity index (χ2n) is 5.96. The van der Waals surface area contributed by atoms with Gasteiger partial charge in [-0.3, -0.25) is 4.90 Å². The quantitative estimate of drug-likeness (QED) is 0.784. The van der Waals surface area contributed by atoms with Crippen LogP contribution in [0, 0.1) is 0 Å². The molecule has 7 heteroatoms. The maximum Gasteiger partial charge on any atom is 0.205 e. The minimum absolute atomic E-state index is 0.326. The molecule has 3 rings (SSSR count). The predicted molar refractivity (Wildman–Crippen MR) is 99.1 cm³/mol. The smallest absolute Gasteiger partial charge is 0.205 e. The highest BCUT2D eigenvalue weighted by Gasteiger charge is 2.24. The molecule has 1 saturated heterocycles. The van der Waals surface area contributed by atoms with Crippen LogP contribution in [0.15, 0.2) is 24.3 Å². The first-order chi connectivity index (χ1) is 11.7. The van der Waals surface area contributed by atoms with Gasteiger partial charge in [0.1, 0.15) is 5.82 Å². The highest BCUT2D eigenvalue weighted by molar-refractivity contribution is 7.09. The molecule has 0 aliphatic carbocycles. The van der Waals surface area contributed by atoms with Crippen molar-refractivity contribution in [2.75, 3.05) is 44.8 Å². The Morgan fingerprint density at radius 1 is 1.25 bits per heavy atom. The molecule has 1 unspecified atom stereocenters. The van der Waals surface area contributed by atoms with E-state index in [-0.39, 0.29) is 0 Å². The Labute approximate surface area is 152 Å². The Hall–Kier alpha value is -1.21. The third kappa shape index (κ3) is 4.06. The zero-order valence-corrected chi connectivity index (χ0v) is 15.7. The Kier molecular flexibility index (Phi) is 6.05.